The van der Waals surface area contributed by atoms with Gasteiger partial charge < -0.3 is 0 Å². The second kappa shape index (κ2) is 12.2. The van der Waals surface area contributed by atoms with Crippen LogP contribution in [0.15, 0.2) is 0 Å². The second-order valence-corrected chi connectivity index (χ2v) is 19.0. The van der Waals surface area contributed by atoms with Gasteiger partial charge >= 0.3 is 143 Å². The van der Waals surface area contributed by atoms with Crippen molar-refractivity contribution in [2.75, 3.05) is 26.7 Å². The Morgan fingerprint density at radius 2 is 1.29 bits per heavy atom. The SMILES string of the molecule is CCN(C)CC[CH2][In]([CH2]CCN(C(C)C)C(C)C)[CH](C)C. The van der Waals surface area contributed by atoms with Gasteiger partial charge in [0, 0.05) is 0 Å². The Hall–Kier alpha value is 0.790. The number of rotatable bonds is 12. The van der Waals surface area contributed by atoms with Gasteiger partial charge in [0.25, 0.3) is 0 Å². The van der Waals surface area contributed by atoms with Crippen molar-refractivity contribution in [3.63, 3.8) is 0 Å². The van der Waals surface area contributed by atoms with Gasteiger partial charge in [-0.1, -0.05) is 0 Å². The molecule has 0 unspecified atom stereocenters. The van der Waals surface area contributed by atoms with Gasteiger partial charge in [0.05, 0.1) is 0 Å². The van der Waals surface area contributed by atoms with Crippen LogP contribution >= 0.6 is 0 Å². The fourth-order valence-electron chi connectivity index (χ4n) is 3.24. The first-order chi connectivity index (χ1) is 9.79. The number of hydrogen-bond acceptors (Lipinski definition) is 2. The molecule has 0 aromatic carbocycles. The van der Waals surface area contributed by atoms with Crippen molar-refractivity contribution < 1.29 is 0 Å². The Labute approximate surface area is 143 Å². The first kappa shape index (κ1) is 21.8. The molecule has 0 radical (unpaired) electrons. The third-order valence-corrected chi connectivity index (χ3v) is 16.9. The molecule has 0 atom stereocenters. The van der Waals surface area contributed by atoms with Crippen LogP contribution in [0.25, 0.3) is 0 Å². The average molecular weight is 400 g/mol. The molecule has 2 nitrogen and oxygen atoms in total. The molecule has 0 amide bonds. The standard InChI is InChI=1S/C9H20N.C6H14N.C3H7.In/c1-6-7-10(8(2)3)9(4)5;1-4-6-7(3)5-2;1-3-2;/h8-9H,1,6-7H2,2-5H3;1,4-6H2,2-3H3;3H,1-2H3;. The van der Waals surface area contributed by atoms with E-state index in [-0.39, 0.29) is 0 Å². The molecule has 0 aromatic heterocycles. The summed E-state index contributed by atoms with van der Waals surface area (Å²) in [5, 5.41) is 0. The predicted molar refractivity (Wildman–Crippen MR) is 99.8 cm³/mol. The molecule has 0 spiro atoms. The molecule has 0 N–H and O–H groups in total. The molecule has 3 heteroatoms. The van der Waals surface area contributed by atoms with E-state index in [1.54, 1.807) is 8.35 Å². The van der Waals surface area contributed by atoms with Crippen molar-refractivity contribution in [1.82, 2.24) is 9.80 Å². The second-order valence-electron chi connectivity index (χ2n) is 7.61. The Morgan fingerprint density at radius 1 is 0.810 bits per heavy atom. The van der Waals surface area contributed by atoms with E-state index in [1.807, 2.05) is 0 Å². The summed E-state index contributed by atoms with van der Waals surface area (Å²) < 4.78 is 4.24. The molecule has 21 heavy (non-hydrogen) atoms. The predicted octanol–water partition coefficient (Wildman–Crippen LogP) is 4.74. The zero-order chi connectivity index (χ0) is 16.4. The van der Waals surface area contributed by atoms with Crippen LogP contribution in [0.2, 0.25) is 12.0 Å². The van der Waals surface area contributed by atoms with Gasteiger partial charge in [0.2, 0.25) is 0 Å². The van der Waals surface area contributed by atoms with Crippen molar-refractivity contribution in [2.45, 2.75) is 85.4 Å². The topological polar surface area (TPSA) is 6.48 Å². The molecule has 0 aliphatic carbocycles. The van der Waals surface area contributed by atoms with Crippen LogP contribution < -0.4 is 0 Å². The van der Waals surface area contributed by atoms with Crippen molar-refractivity contribution >= 4 is 21.4 Å². The fourth-order valence-corrected chi connectivity index (χ4v) is 11.9. The van der Waals surface area contributed by atoms with Gasteiger partial charge in [-0.15, -0.1) is 0 Å². The molecule has 0 aliphatic heterocycles. The van der Waals surface area contributed by atoms with Crippen LogP contribution in [0, 0.1) is 0 Å². The van der Waals surface area contributed by atoms with Crippen molar-refractivity contribution in [3.8, 4) is 0 Å². The first-order valence-electron chi connectivity index (χ1n) is 9.23. The van der Waals surface area contributed by atoms with Crippen molar-refractivity contribution in [2.24, 2.45) is 0 Å². The molecule has 0 heterocycles. The molecular formula is C18H41InN2. The van der Waals surface area contributed by atoms with Gasteiger partial charge in [-0.05, 0) is 0 Å². The van der Waals surface area contributed by atoms with Crippen LogP contribution in [0.3, 0.4) is 0 Å². The third kappa shape index (κ3) is 10.2. The van der Waals surface area contributed by atoms with Crippen LogP contribution in [0.5, 0.6) is 0 Å². The zero-order valence-corrected chi connectivity index (χ0v) is 19.4. The van der Waals surface area contributed by atoms with Crippen LogP contribution in [-0.4, -0.2) is 70.0 Å². The molecule has 0 bridgehead atoms. The van der Waals surface area contributed by atoms with Gasteiger partial charge in [-0.3, -0.25) is 0 Å². The van der Waals surface area contributed by atoms with Gasteiger partial charge in [0.15, 0.2) is 0 Å². The van der Waals surface area contributed by atoms with E-state index >= 15 is 0 Å². The summed E-state index contributed by atoms with van der Waals surface area (Å²) in [5.41, 5.74) is 0. The van der Waals surface area contributed by atoms with Crippen LogP contribution in [0.4, 0.5) is 0 Å². The number of hydrogen-bond donors (Lipinski definition) is 0. The molecule has 0 aliphatic rings. The third-order valence-electron chi connectivity index (χ3n) is 4.92. The maximum atomic E-state index is 2.66. The van der Waals surface area contributed by atoms with E-state index in [2.05, 4.69) is 65.3 Å². The minimum absolute atomic E-state index is 0.691. The van der Waals surface area contributed by atoms with Gasteiger partial charge in [-0.25, -0.2) is 0 Å². The fraction of sp³-hybridized carbons (Fsp3) is 1.00. The number of nitrogens with zero attached hydrogens (tertiary/aromatic N) is 2. The molecule has 0 rings (SSSR count). The van der Waals surface area contributed by atoms with Crippen molar-refractivity contribution in [1.29, 1.82) is 0 Å². The maximum absolute atomic E-state index is 2.66. The minimum atomic E-state index is -1.30. The summed E-state index contributed by atoms with van der Waals surface area (Å²) in [6, 6.07) is 1.38. The Bertz CT molecular complexity index is 233. The van der Waals surface area contributed by atoms with Crippen LogP contribution in [-0.2, 0) is 0 Å². The molecule has 0 fully saturated rings. The summed E-state index contributed by atoms with van der Waals surface area (Å²) in [7, 11) is 2.25. The van der Waals surface area contributed by atoms with Crippen LogP contribution in [0.1, 0.15) is 61.3 Å². The Kier molecular flexibility index (Phi) is 12.7. The van der Waals surface area contributed by atoms with Gasteiger partial charge in [-0.2, -0.15) is 0 Å². The van der Waals surface area contributed by atoms with E-state index in [0.29, 0.717) is 12.1 Å². The van der Waals surface area contributed by atoms with Gasteiger partial charge in [0.1, 0.15) is 0 Å². The molecular weight excluding hydrogens is 359 g/mol. The van der Waals surface area contributed by atoms with E-state index in [1.165, 1.54) is 32.5 Å². The monoisotopic (exact) mass is 400 g/mol. The average Bonchev–Trinajstić information content (AvgIpc) is 2.39. The van der Waals surface area contributed by atoms with E-state index < -0.39 is 21.4 Å². The van der Waals surface area contributed by atoms with E-state index in [0.717, 1.165) is 3.67 Å². The summed E-state index contributed by atoms with van der Waals surface area (Å²) in [6.07, 6.45) is 2.89. The summed E-state index contributed by atoms with van der Waals surface area (Å²) in [6.45, 7) is 20.4. The summed E-state index contributed by atoms with van der Waals surface area (Å²) in [4.78, 5) is 5.12. The molecule has 0 saturated heterocycles. The normalized spacial score (nSPS) is 12.4. The zero-order valence-electron chi connectivity index (χ0n) is 16.2. The van der Waals surface area contributed by atoms with E-state index in [9.17, 15) is 0 Å². The molecule has 0 saturated carbocycles. The Balaban J connectivity index is 4.09. The quantitative estimate of drug-likeness (QED) is 0.467. The van der Waals surface area contributed by atoms with E-state index in [4.69, 9.17) is 0 Å². The summed E-state index contributed by atoms with van der Waals surface area (Å²) >= 11 is -1.30. The first-order valence-corrected chi connectivity index (χ1v) is 15.8. The summed E-state index contributed by atoms with van der Waals surface area (Å²) in [5.74, 6) is 0. The molecule has 126 valence electrons. The Morgan fingerprint density at radius 3 is 1.67 bits per heavy atom. The van der Waals surface area contributed by atoms with Crippen molar-refractivity contribution in [3.05, 3.63) is 0 Å². The molecule has 0 aromatic rings.